The number of aromatic nitrogens is 5. The fourth-order valence-corrected chi connectivity index (χ4v) is 8.06. The zero-order valence-corrected chi connectivity index (χ0v) is 31.4. The molecule has 0 atom stereocenters. The Morgan fingerprint density at radius 2 is 0.965 bits per heavy atom. The Morgan fingerprint density at radius 1 is 0.439 bits per heavy atom. The first-order valence-electron chi connectivity index (χ1n) is 19.2. The van der Waals surface area contributed by atoms with Crippen LogP contribution in [0.4, 0.5) is 0 Å². The third-order valence-corrected chi connectivity index (χ3v) is 10.7. The Bertz CT molecular complexity index is 3080. The maximum atomic E-state index is 5.09. The summed E-state index contributed by atoms with van der Waals surface area (Å²) in [7, 11) is 0. The highest BCUT2D eigenvalue weighted by Crippen LogP contribution is 2.39. The molecule has 0 aliphatic carbocycles. The smallest absolute Gasteiger partial charge is 0.238 e. The average molecular weight is 732 g/mol. The van der Waals surface area contributed by atoms with Gasteiger partial charge in [0, 0.05) is 38.5 Å². The van der Waals surface area contributed by atoms with E-state index in [1.165, 1.54) is 32.9 Å². The van der Waals surface area contributed by atoms with Gasteiger partial charge in [0.05, 0.1) is 22.2 Å². The van der Waals surface area contributed by atoms with Crippen LogP contribution in [0.2, 0.25) is 0 Å². The van der Waals surface area contributed by atoms with Crippen LogP contribution in [0.5, 0.6) is 0 Å². The molecule has 0 N–H and O–H groups in total. The molecule has 0 spiro atoms. The summed E-state index contributed by atoms with van der Waals surface area (Å²) in [5, 5.41) is 3.51. The van der Waals surface area contributed by atoms with Gasteiger partial charge in [-0.25, -0.2) is 4.98 Å². The van der Waals surface area contributed by atoms with Gasteiger partial charge in [-0.3, -0.25) is 4.57 Å². The van der Waals surface area contributed by atoms with Gasteiger partial charge in [0.2, 0.25) is 5.95 Å². The normalized spacial score (nSPS) is 11.6. The zero-order valence-electron chi connectivity index (χ0n) is 31.4. The summed E-state index contributed by atoms with van der Waals surface area (Å²) < 4.78 is 4.50. The van der Waals surface area contributed by atoms with Crippen LogP contribution >= 0.6 is 0 Å². The van der Waals surface area contributed by atoms with Gasteiger partial charge in [0.1, 0.15) is 0 Å². The summed E-state index contributed by atoms with van der Waals surface area (Å²) in [5.74, 6) is 1.76. The SMILES string of the molecule is C=Cc1c(/C=C\C)c2cc(-c3ccc4c(c3)c3ccccc3n4-c3cccc(-c4ccccc4)c3)ccc2n1-c1nc(-c2ccccc2)nc(-c2ccccc2)n1. The van der Waals surface area contributed by atoms with Gasteiger partial charge in [-0.05, 0) is 77.7 Å². The highest BCUT2D eigenvalue weighted by molar-refractivity contribution is 6.11. The van der Waals surface area contributed by atoms with E-state index in [1.54, 1.807) is 0 Å². The molecule has 0 unspecified atom stereocenters. The number of allylic oxidation sites excluding steroid dienone is 1. The summed E-state index contributed by atoms with van der Waals surface area (Å²) in [4.78, 5) is 15.1. The molecule has 0 amide bonds. The van der Waals surface area contributed by atoms with Crippen molar-refractivity contribution in [2.75, 3.05) is 0 Å². The van der Waals surface area contributed by atoms with Gasteiger partial charge in [-0.1, -0.05) is 152 Å². The summed E-state index contributed by atoms with van der Waals surface area (Å²) in [6.45, 7) is 6.33. The zero-order chi connectivity index (χ0) is 38.3. The first-order chi connectivity index (χ1) is 28.2. The Balaban J connectivity index is 1.14. The molecule has 5 heteroatoms. The molecule has 57 heavy (non-hydrogen) atoms. The third-order valence-electron chi connectivity index (χ3n) is 10.7. The lowest BCUT2D eigenvalue weighted by Crippen LogP contribution is -2.07. The number of hydrogen-bond donors (Lipinski definition) is 0. The molecule has 0 saturated carbocycles. The van der Waals surface area contributed by atoms with Gasteiger partial charge >= 0.3 is 0 Å². The van der Waals surface area contributed by atoms with Crippen LogP contribution in [-0.4, -0.2) is 24.1 Å². The van der Waals surface area contributed by atoms with Crippen molar-refractivity contribution < 1.29 is 0 Å². The van der Waals surface area contributed by atoms with Gasteiger partial charge in [0.25, 0.3) is 0 Å². The first-order valence-corrected chi connectivity index (χ1v) is 19.2. The van der Waals surface area contributed by atoms with Gasteiger partial charge < -0.3 is 4.57 Å². The van der Waals surface area contributed by atoms with Crippen molar-refractivity contribution in [1.82, 2.24) is 24.1 Å². The lowest BCUT2D eigenvalue weighted by molar-refractivity contribution is 0.926. The second-order valence-electron chi connectivity index (χ2n) is 14.1. The fraction of sp³-hybridized carbons (Fsp3) is 0.0192. The Hall–Kier alpha value is -7.63. The predicted molar refractivity (Wildman–Crippen MR) is 238 cm³/mol. The summed E-state index contributed by atoms with van der Waals surface area (Å²) in [6, 6.07) is 61.7. The van der Waals surface area contributed by atoms with E-state index in [4.69, 9.17) is 15.0 Å². The van der Waals surface area contributed by atoms with Crippen LogP contribution in [0.15, 0.2) is 189 Å². The highest BCUT2D eigenvalue weighted by atomic mass is 15.2. The predicted octanol–water partition coefficient (Wildman–Crippen LogP) is 13.3. The summed E-state index contributed by atoms with van der Waals surface area (Å²) in [5.41, 5.74) is 12.9. The summed E-state index contributed by atoms with van der Waals surface area (Å²) in [6.07, 6.45) is 6.12. The van der Waals surface area contributed by atoms with E-state index in [0.717, 1.165) is 50.1 Å². The fourth-order valence-electron chi connectivity index (χ4n) is 8.06. The molecule has 7 aromatic carbocycles. The third kappa shape index (κ3) is 5.94. The lowest BCUT2D eigenvalue weighted by atomic mass is 10.00. The van der Waals surface area contributed by atoms with Crippen LogP contribution in [0.25, 0.3) is 102 Å². The van der Waals surface area contributed by atoms with E-state index in [9.17, 15) is 0 Å². The minimum Gasteiger partial charge on any atom is -0.309 e. The number of nitrogens with zero attached hydrogens (tertiary/aromatic N) is 5. The largest absolute Gasteiger partial charge is 0.309 e. The lowest BCUT2D eigenvalue weighted by Gasteiger charge is -2.12. The van der Waals surface area contributed by atoms with Crippen LogP contribution < -0.4 is 0 Å². The molecule has 0 bridgehead atoms. The van der Waals surface area contributed by atoms with Crippen molar-refractivity contribution in [2.45, 2.75) is 6.92 Å². The second-order valence-corrected chi connectivity index (χ2v) is 14.1. The molecule has 0 fully saturated rings. The topological polar surface area (TPSA) is 48.5 Å². The van der Waals surface area contributed by atoms with E-state index < -0.39 is 0 Å². The molecule has 10 rings (SSSR count). The second kappa shape index (κ2) is 14.2. The number of fused-ring (bicyclic) bond motifs is 4. The molecule has 0 aliphatic heterocycles. The van der Waals surface area contributed by atoms with Gasteiger partial charge in [-0.2, -0.15) is 9.97 Å². The van der Waals surface area contributed by atoms with Crippen LogP contribution in [0.1, 0.15) is 18.2 Å². The van der Waals surface area contributed by atoms with Crippen LogP contribution in [0.3, 0.4) is 0 Å². The van der Waals surface area contributed by atoms with Crippen molar-refractivity contribution in [3.05, 3.63) is 200 Å². The van der Waals surface area contributed by atoms with Crippen molar-refractivity contribution in [3.63, 3.8) is 0 Å². The van der Waals surface area contributed by atoms with Crippen molar-refractivity contribution in [1.29, 1.82) is 0 Å². The minimum atomic E-state index is 0.539. The molecular formula is C52H37N5. The Labute approximate surface area is 331 Å². The molecule has 5 nitrogen and oxygen atoms in total. The molecule has 3 heterocycles. The van der Waals surface area contributed by atoms with E-state index in [2.05, 4.69) is 143 Å². The van der Waals surface area contributed by atoms with Gasteiger partial charge in [-0.15, -0.1) is 0 Å². The Morgan fingerprint density at radius 3 is 1.60 bits per heavy atom. The van der Waals surface area contributed by atoms with Crippen LogP contribution in [0, 0.1) is 0 Å². The van der Waals surface area contributed by atoms with E-state index in [0.29, 0.717) is 17.6 Å². The number of benzene rings is 7. The molecular weight excluding hydrogens is 695 g/mol. The molecule has 270 valence electrons. The maximum Gasteiger partial charge on any atom is 0.238 e. The molecule has 0 aliphatic rings. The first kappa shape index (κ1) is 33.9. The highest BCUT2D eigenvalue weighted by Gasteiger charge is 2.21. The average Bonchev–Trinajstić information content (AvgIpc) is 3.79. The molecule has 10 aromatic rings. The van der Waals surface area contributed by atoms with Crippen LogP contribution in [-0.2, 0) is 0 Å². The van der Waals surface area contributed by atoms with E-state index >= 15 is 0 Å². The van der Waals surface area contributed by atoms with Crippen molar-refractivity contribution in [2.24, 2.45) is 0 Å². The molecule has 0 saturated heterocycles. The summed E-state index contributed by atoms with van der Waals surface area (Å²) >= 11 is 0. The standard InChI is InChI=1S/C52H37N5/c1-3-17-42-44-33-40(29-31-49(44)57(46(42)4-2)52-54-50(36-20-10-6-11-21-36)53-51(55-52)37-22-12-7-13-23-37)39-28-30-48-45(34-39)43-26-14-15-27-47(43)56(48)41-25-16-24-38(32-41)35-18-8-5-9-19-35/h3-34H,2H2,1H3/b17-3-. The Kier molecular flexibility index (Phi) is 8.46. The van der Waals surface area contributed by atoms with E-state index in [-0.39, 0.29) is 0 Å². The van der Waals surface area contributed by atoms with E-state index in [1.807, 2.05) is 73.7 Å². The quantitative estimate of drug-likeness (QED) is 0.156. The monoisotopic (exact) mass is 731 g/mol. The van der Waals surface area contributed by atoms with Gasteiger partial charge in [0.15, 0.2) is 11.6 Å². The number of rotatable bonds is 8. The maximum absolute atomic E-state index is 5.09. The number of para-hydroxylation sites is 1. The number of hydrogen-bond acceptors (Lipinski definition) is 3. The van der Waals surface area contributed by atoms with Crippen molar-refractivity contribution >= 4 is 44.9 Å². The minimum absolute atomic E-state index is 0.539. The molecule has 0 radical (unpaired) electrons. The molecule has 3 aromatic heterocycles. The van der Waals surface area contributed by atoms with Crippen molar-refractivity contribution in [3.8, 4) is 56.7 Å².